The summed E-state index contributed by atoms with van der Waals surface area (Å²) in [6.45, 7) is -2.92. The fourth-order valence-corrected chi connectivity index (χ4v) is 5.33. The second kappa shape index (κ2) is 15.6. The third-order valence-electron chi connectivity index (χ3n) is 8.17. The Labute approximate surface area is 254 Å². The zero-order valence-corrected chi connectivity index (χ0v) is 23.5. The van der Waals surface area contributed by atoms with Crippen LogP contribution in [0, 0.1) is 0 Å². The first-order chi connectivity index (χ1) is 21.2. The standard InChI is InChI=1S/C24H42O21/c25-1-5-9(27)13(31)18(36)24(42-5)45-20-6(2-26)43-23(19(37)15(20)33)40-4-8-11(29)14(32)17(35)22(44-8)39-3-7-10(28)12(30)16(34)21(38)41-7/h5-38H,1-4H2/t5-,6-,7-,8-,9-,10-,11+,12+,13+,14+,15-,16-,17-,18-,19-,20-,21?,22+,23-,24+/m1/s1. The van der Waals surface area contributed by atoms with Crippen molar-refractivity contribution in [3.05, 3.63) is 0 Å². The van der Waals surface area contributed by atoms with Crippen molar-refractivity contribution < 1.29 is 105 Å². The van der Waals surface area contributed by atoms with Gasteiger partial charge in [0.05, 0.1) is 26.4 Å². The largest absolute Gasteiger partial charge is 0.394 e. The highest BCUT2D eigenvalue weighted by molar-refractivity contribution is 4.95. The molecule has 4 saturated heterocycles. The first kappa shape index (κ1) is 37.0. The minimum atomic E-state index is -1.91. The fraction of sp³-hybridized carbons (Fsp3) is 1.00. The summed E-state index contributed by atoms with van der Waals surface area (Å²) >= 11 is 0. The van der Waals surface area contributed by atoms with Gasteiger partial charge in [-0.1, -0.05) is 0 Å². The van der Waals surface area contributed by atoms with Gasteiger partial charge in [0, 0.05) is 0 Å². The molecule has 0 aromatic carbocycles. The van der Waals surface area contributed by atoms with E-state index in [2.05, 4.69) is 0 Å². The maximum atomic E-state index is 10.7. The Morgan fingerprint density at radius 3 is 1.31 bits per heavy atom. The van der Waals surface area contributed by atoms with Gasteiger partial charge in [0.1, 0.15) is 97.7 Å². The van der Waals surface area contributed by atoms with E-state index in [1.54, 1.807) is 0 Å². The Balaban J connectivity index is 1.35. The number of rotatable bonds is 10. The van der Waals surface area contributed by atoms with Crippen LogP contribution in [0.15, 0.2) is 0 Å². The van der Waals surface area contributed by atoms with Crippen LogP contribution in [0.5, 0.6) is 0 Å². The summed E-state index contributed by atoms with van der Waals surface area (Å²) in [4.78, 5) is 0. The molecule has 21 heteroatoms. The molecule has 0 saturated carbocycles. The Morgan fingerprint density at radius 2 is 0.778 bits per heavy atom. The van der Waals surface area contributed by atoms with Crippen molar-refractivity contribution in [2.45, 2.75) is 123 Å². The molecule has 0 bridgehead atoms. The number of hydrogen-bond donors (Lipinski definition) is 14. The van der Waals surface area contributed by atoms with Gasteiger partial charge < -0.3 is 105 Å². The zero-order chi connectivity index (χ0) is 33.3. The number of ether oxygens (including phenoxy) is 7. The van der Waals surface area contributed by atoms with E-state index >= 15 is 0 Å². The molecule has 0 aliphatic carbocycles. The molecule has 0 amide bonds. The van der Waals surface area contributed by atoms with E-state index in [-0.39, 0.29) is 0 Å². The van der Waals surface area contributed by atoms with E-state index < -0.39 is 149 Å². The van der Waals surface area contributed by atoms with Crippen molar-refractivity contribution >= 4 is 0 Å². The average Bonchev–Trinajstić information content (AvgIpc) is 3.03. The molecule has 14 N–H and O–H groups in total. The normalized spacial score (nSPS) is 52.9. The summed E-state index contributed by atoms with van der Waals surface area (Å²) in [6, 6.07) is 0. The molecular weight excluding hydrogens is 624 g/mol. The Kier molecular flexibility index (Phi) is 12.8. The molecule has 0 aromatic rings. The molecule has 0 spiro atoms. The zero-order valence-electron chi connectivity index (χ0n) is 23.5. The van der Waals surface area contributed by atoms with Gasteiger partial charge in [-0.3, -0.25) is 0 Å². The molecule has 45 heavy (non-hydrogen) atoms. The molecule has 4 fully saturated rings. The average molecular weight is 667 g/mol. The second-order valence-corrected chi connectivity index (χ2v) is 11.2. The van der Waals surface area contributed by atoms with Crippen molar-refractivity contribution in [3.8, 4) is 0 Å². The van der Waals surface area contributed by atoms with Crippen LogP contribution in [0.4, 0.5) is 0 Å². The summed E-state index contributed by atoms with van der Waals surface area (Å²) in [5.74, 6) is 0. The Morgan fingerprint density at radius 1 is 0.378 bits per heavy atom. The third kappa shape index (κ3) is 7.75. The molecule has 20 atom stereocenters. The fourth-order valence-electron chi connectivity index (χ4n) is 5.33. The van der Waals surface area contributed by atoms with Crippen molar-refractivity contribution in [1.82, 2.24) is 0 Å². The van der Waals surface area contributed by atoms with Crippen LogP contribution in [-0.2, 0) is 33.2 Å². The van der Waals surface area contributed by atoms with Gasteiger partial charge in [-0.15, -0.1) is 0 Å². The highest BCUT2D eigenvalue weighted by Gasteiger charge is 2.52. The van der Waals surface area contributed by atoms with Gasteiger partial charge >= 0.3 is 0 Å². The molecule has 0 radical (unpaired) electrons. The summed E-state index contributed by atoms with van der Waals surface area (Å²) in [6.07, 6.45) is -34.3. The predicted octanol–water partition coefficient (Wildman–Crippen LogP) is -9.75. The minimum Gasteiger partial charge on any atom is -0.394 e. The highest BCUT2D eigenvalue weighted by atomic mass is 16.8. The third-order valence-corrected chi connectivity index (χ3v) is 8.17. The van der Waals surface area contributed by atoms with Gasteiger partial charge in [0.25, 0.3) is 0 Å². The first-order valence-electron chi connectivity index (χ1n) is 14.1. The lowest BCUT2D eigenvalue weighted by molar-refractivity contribution is -0.365. The highest BCUT2D eigenvalue weighted by Crippen LogP contribution is 2.31. The van der Waals surface area contributed by atoms with Crippen molar-refractivity contribution in [1.29, 1.82) is 0 Å². The molecule has 21 nitrogen and oxygen atoms in total. The maximum Gasteiger partial charge on any atom is 0.187 e. The van der Waals surface area contributed by atoms with Gasteiger partial charge in [-0.25, -0.2) is 0 Å². The van der Waals surface area contributed by atoms with E-state index in [1.807, 2.05) is 0 Å². The van der Waals surface area contributed by atoms with Crippen LogP contribution in [0.25, 0.3) is 0 Å². The maximum absolute atomic E-state index is 10.7. The second-order valence-electron chi connectivity index (χ2n) is 11.2. The SMILES string of the molecule is OC[C@H]1O[C@@H](O[C@H]2[C@H](O)[C@@H](O)[C@H](OC[C@H]3O[C@H](OC[C@H]4OC(O)[C@H](O)[C@@H](O)[C@@H]4O)[C@H](O)[C@@H](O)[C@H]3O)O[C@@H]2CO)[C@H](O)[C@@H](O)[C@@H]1O. The van der Waals surface area contributed by atoms with E-state index in [1.165, 1.54) is 0 Å². The van der Waals surface area contributed by atoms with Gasteiger partial charge in [-0.2, -0.15) is 0 Å². The van der Waals surface area contributed by atoms with Crippen molar-refractivity contribution in [3.63, 3.8) is 0 Å². The Bertz CT molecular complexity index is 914. The predicted molar refractivity (Wildman–Crippen MR) is 134 cm³/mol. The molecule has 4 heterocycles. The van der Waals surface area contributed by atoms with Crippen LogP contribution < -0.4 is 0 Å². The summed E-state index contributed by atoms with van der Waals surface area (Å²) in [5, 5.41) is 141. The van der Waals surface area contributed by atoms with Crippen molar-refractivity contribution in [2.24, 2.45) is 0 Å². The van der Waals surface area contributed by atoms with Crippen molar-refractivity contribution in [2.75, 3.05) is 26.4 Å². The smallest absolute Gasteiger partial charge is 0.187 e. The monoisotopic (exact) mass is 666 g/mol. The first-order valence-corrected chi connectivity index (χ1v) is 14.1. The quantitative estimate of drug-likeness (QED) is 0.103. The molecule has 4 aliphatic heterocycles. The molecule has 4 rings (SSSR count). The number of aliphatic hydroxyl groups excluding tert-OH is 14. The molecule has 264 valence electrons. The van der Waals surface area contributed by atoms with Crippen LogP contribution in [-0.4, -0.2) is 221 Å². The van der Waals surface area contributed by atoms with E-state index in [9.17, 15) is 71.5 Å². The lowest BCUT2D eigenvalue weighted by Crippen LogP contribution is -2.65. The van der Waals surface area contributed by atoms with Crippen LogP contribution in [0.1, 0.15) is 0 Å². The summed E-state index contributed by atoms with van der Waals surface area (Å²) in [7, 11) is 0. The lowest BCUT2D eigenvalue weighted by atomic mass is 9.97. The number of hydrogen-bond acceptors (Lipinski definition) is 21. The molecule has 1 unspecified atom stereocenters. The molecular formula is C24H42O21. The topological polar surface area (TPSA) is 348 Å². The van der Waals surface area contributed by atoms with Crippen LogP contribution in [0.2, 0.25) is 0 Å². The summed E-state index contributed by atoms with van der Waals surface area (Å²) < 4.78 is 37.4. The van der Waals surface area contributed by atoms with Gasteiger partial charge in [-0.05, 0) is 0 Å². The Hall–Kier alpha value is -0.840. The van der Waals surface area contributed by atoms with Crippen LogP contribution in [0.3, 0.4) is 0 Å². The molecule has 4 aliphatic rings. The van der Waals surface area contributed by atoms with E-state index in [0.29, 0.717) is 0 Å². The van der Waals surface area contributed by atoms with Gasteiger partial charge in [0.15, 0.2) is 25.2 Å². The van der Waals surface area contributed by atoms with E-state index in [0.717, 1.165) is 0 Å². The lowest BCUT2D eigenvalue weighted by Gasteiger charge is -2.46. The minimum absolute atomic E-state index is 0.634. The number of aliphatic hydroxyl groups is 14. The summed E-state index contributed by atoms with van der Waals surface area (Å²) in [5.41, 5.74) is 0. The van der Waals surface area contributed by atoms with E-state index in [4.69, 9.17) is 33.2 Å². The van der Waals surface area contributed by atoms with Gasteiger partial charge in [0.2, 0.25) is 0 Å². The molecule has 0 aromatic heterocycles. The van der Waals surface area contributed by atoms with Crippen LogP contribution >= 0.6 is 0 Å².